The summed E-state index contributed by atoms with van der Waals surface area (Å²) in [6.45, 7) is 18.9. The molecule has 4 aliphatic rings. The van der Waals surface area contributed by atoms with Crippen molar-refractivity contribution in [1.29, 1.82) is 0 Å². The topological polar surface area (TPSA) is 165 Å². The Morgan fingerprint density at radius 2 is 1.06 bits per heavy atom. The van der Waals surface area contributed by atoms with Gasteiger partial charge in [-0.2, -0.15) is 0 Å². The Labute approximate surface area is 452 Å². The molecule has 4 saturated heterocycles. The van der Waals surface area contributed by atoms with Crippen LogP contribution in [-0.4, -0.2) is 134 Å². The zero-order valence-electron chi connectivity index (χ0n) is 43.8. The van der Waals surface area contributed by atoms with Crippen LogP contribution in [0.2, 0.25) is 5.02 Å². The third-order valence-electron chi connectivity index (χ3n) is 13.9. The monoisotopic (exact) mass is 1060 g/mol. The van der Waals surface area contributed by atoms with Crippen molar-refractivity contribution < 1.29 is 27.7 Å². The molecule has 10 heterocycles. The summed E-state index contributed by atoms with van der Waals surface area (Å²) in [5.41, 5.74) is 16.5. The van der Waals surface area contributed by atoms with Gasteiger partial charge in [-0.1, -0.05) is 23.7 Å². The number of hydrogen-bond acceptors (Lipinski definition) is 16. The third kappa shape index (κ3) is 12.4. The van der Waals surface area contributed by atoms with Crippen LogP contribution in [0.3, 0.4) is 0 Å². The van der Waals surface area contributed by atoms with Crippen molar-refractivity contribution >= 4 is 73.5 Å². The van der Waals surface area contributed by atoms with Crippen molar-refractivity contribution in [2.45, 2.75) is 39.9 Å². The number of pyridine rings is 6. The lowest BCUT2D eigenvalue weighted by Crippen LogP contribution is -2.41. The van der Waals surface area contributed by atoms with E-state index in [0.717, 1.165) is 146 Å². The molecule has 77 heavy (non-hydrogen) atoms. The van der Waals surface area contributed by atoms with E-state index in [2.05, 4.69) is 64.8 Å². The molecular formula is C58H63ClF2N12O4. The van der Waals surface area contributed by atoms with Crippen molar-refractivity contribution in [3.05, 3.63) is 138 Å². The van der Waals surface area contributed by atoms with Crippen LogP contribution in [0.4, 0.5) is 48.9 Å². The summed E-state index contributed by atoms with van der Waals surface area (Å²) < 4.78 is 49.9. The second-order valence-electron chi connectivity index (χ2n) is 19.4. The first-order valence-corrected chi connectivity index (χ1v) is 26.4. The molecule has 0 spiro atoms. The van der Waals surface area contributed by atoms with E-state index in [9.17, 15) is 8.78 Å². The van der Waals surface area contributed by atoms with Gasteiger partial charge >= 0.3 is 0 Å². The Kier molecular flexibility index (Phi) is 16.8. The van der Waals surface area contributed by atoms with Crippen molar-refractivity contribution in [2.75, 3.05) is 123 Å². The summed E-state index contributed by atoms with van der Waals surface area (Å²) in [6, 6.07) is 24.6. The number of anilines is 7. The van der Waals surface area contributed by atoms with Crippen LogP contribution in [0.25, 0.3) is 44.6 Å². The first-order valence-electron chi connectivity index (χ1n) is 26.1. The van der Waals surface area contributed by atoms with Crippen molar-refractivity contribution in [1.82, 2.24) is 29.9 Å². The van der Waals surface area contributed by atoms with E-state index in [1.165, 1.54) is 24.3 Å². The van der Waals surface area contributed by atoms with Crippen LogP contribution in [0.5, 0.6) is 0 Å². The van der Waals surface area contributed by atoms with Gasteiger partial charge in [0.15, 0.2) is 11.6 Å². The van der Waals surface area contributed by atoms with Crippen LogP contribution in [0.15, 0.2) is 110 Å². The molecule has 0 aliphatic carbocycles. The van der Waals surface area contributed by atoms with Gasteiger partial charge < -0.3 is 49.6 Å². The first kappa shape index (κ1) is 53.1. The summed E-state index contributed by atoms with van der Waals surface area (Å²) in [5.74, 6) is 1.08. The summed E-state index contributed by atoms with van der Waals surface area (Å²) in [6.07, 6.45) is 7.71. The van der Waals surface area contributed by atoms with Crippen LogP contribution in [0, 0.1) is 25.5 Å². The van der Waals surface area contributed by atoms with E-state index in [1.54, 1.807) is 24.5 Å². The van der Waals surface area contributed by atoms with Gasteiger partial charge in [-0.25, -0.2) is 28.7 Å². The Bertz CT molecular complexity index is 3320. The van der Waals surface area contributed by atoms with E-state index >= 15 is 0 Å². The van der Waals surface area contributed by atoms with E-state index < -0.39 is 0 Å². The smallest absolute Gasteiger partial charge is 0.152 e. The summed E-state index contributed by atoms with van der Waals surface area (Å²) in [7, 11) is 0. The predicted octanol–water partition coefficient (Wildman–Crippen LogP) is 10.1. The molecule has 6 aromatic heterocycles. The maximum absolute atomic E-state index is 14.3. The van der Waals surface area contributed by atoms with Gasteiger partial charge in [0.25, 0.3) is 0 Å². The van der Waals surface area contributed by atoms with Crippen molar-refractivity contribution in [2.24, 2.45) is 0 Å². The molecule has 12 rings (SSSR count). The van der Waals surface area contributed by atoms with Crippen LogP contribution >= 0.6 is 11.6 Å². The average molecular weight is 1070 g/mol. The van der Waals surface area contributed by atoms with E-state index in [1.807, 2.05) is 68.7 Å². The first-order chi connectivity index (χ1) is 37.5. The lowest BCUT2D eigenvalue weighted by molar-refractivity contribution is 0.0530. The summed E-state index contributed by atoms with van der Waals surface area (Å²) in [4.78, 5) is 36.6. The number of nitrogen functional groups attached to an aromatic ring is 1. The predicted molar refractivity (Wildman–Crippen MR) is 302 cm³/mol. The molecule has 3 N–H and O–H groups in total. The number of nitrogens with zero attached hydrogens (tertiary/aromatic N) is 10. The van der Waals surface area contributed by atoms with Gasteiger partial charge in [0.1, 0.15) is 11.6 Å². The van der Waals surface area contributed by atoms with Crippen LogP contribution < -0.4 is 30.7 Å². The minimum Gasteiger partial charge on any atom is -0.396 e. The second kappa shape index (κ2) is 24.3. The van der Waals surface area contributed by atoms with Crippen molar-refractivity contribution in [3.63, 3.8) is 0 Å². The fourth-order valence-electron chi connectivity index (χ4n) is 9.95. The molecule has 4 aliphatic heterocycles. The van der Waals surface area contributed by atoms with E-state index in [4.69, 9.17) is 46.3 Å². The fraction of sp³-hybridized carbons (Fsp3) is 0.345. The number of rotatable bonds is 8. The fourth-order valence-corrected chi connectivity index (χ4v) is 10.2. The van der Waals surface area contributed by atoms with E-state index in [-0.39, 0.29) is 23.8 Å². The lowest BCUT2D eigenvalue weighted by Gasteiger charge is -2.34. The standard InChI is InChI=1S/C29H31FN6O2.C15H10ClFN2.C14H22N4O2/c1-19-18-36(11-14-38-19)22-16-26(29(32-17-22)35-9-12-37-13-10-35)34-27-20(2)28(24-5-3-4-8-31-24)33-25-15-21(30)6-7-23(25)27;1-9-14(16)11-6-5-10(17)8-13(11)19-15(9)12-4-2-3-7-18-12;1-11-10-18(4-7-20-11)12-8-13(15)14(16-9-12)17-2-5-19-6-3-17/h3-8,15-17,19H,9-14,18H2,1-2H3,(H,33,34);2-8H,1H3;8-9,11H,2-7,10,15H2,1H3/t19-;;11-/m1.1/s1. The Balaban J connectivity index is 0.000000145. The SMILES string of the molecule is C[C@@H]1CN(c2cnc(N3CCOCC3)c(N)c2)CCO1.Cc1c(-c2ccccn2)nc2cc(F)ccc2c1Cl.Cc1c(-c2ccccn2)nc2cc(F)ccc2c1Nc1cc(N2CCO[C@H](C)C2)cnc1N1CCOCC1. The van der Waals surface area contributed by atoms with Gasteiger partial charge in [-0.3, -0.25) is 9.97 Å². The number of fused-ring (bicyclic) bond motifs is 2. The van der Waals surface area contributed by atoms with Gasteiger partial charge in [-0.15, -0.1) is 0 Å². The number of benzene rings is 2. The Morgan fingerprint density at radius 3 is 1.60 bits per heavy atom. The molecular weight excluding hydrogens is 1000 g/mol. The average Bonchev–Trinajstić information content (AvgIpc) is 3.51. The molecule has 16 nitrogen and oxygen atoms in total. The molecule has 4 fully saturated rings. The lowest BCUT2D eigenvalue weighted by atomic mass is 10.0. The highest BCUT2D eigenvalue weighted by Gasteiger charge is 2.25. The molecule has 0 bridgehead atoms. The van der Waals surface area contributed by atoms with Crippen LogP contribution in [0.1, 0.15) is 25.0 Å². The molecule has 0 unspecified atom stereocenters. The number of aromatic nitrogens is 6. The maximum atomic E-state index is 14.3. The molecule has 400 valence electrons. The van der Waals surface area contributed by atoms with Gasteiger partial charge in [0.05, 0.1) is 132 Å². The number of halogens is 3. The molecule has 0 radical (unpaired) electrons. The molecule has 2 atom stereocenters. The van der Waals surface area contributed by atoms with Gasteiger partial charge in [0, 0.05) is 93.2 Å². The minimum absolute atomic E-state index is 0.154. The highest BCUT2D eigenvalue weighted by atomic mass is 35.5. The highest BCUT2D eigenvalue weighted by Crippen LogP contribution is 2.39. The molecule has 2 aromatic carbocycles. The van der Waals surface area contributed by atoms with Crippen molar-refractivity contribution in [3.8, 4) is 22.8 Å². The molecule has 0 amide bonds. The van der Waals surface area contributed by atoms with E-state index in [0.29, 0.717) is 47.3 Å². The second-order valence-corrected chi connectivity index (χ2v) is 19.7. The molecule has 19 heteroatoms. The Morgan fingerprint density at radius 1 is 0.571 bits per heavy atom. The largest absolute Gasteiger partial charge is 0.396 e. The van der Waals surface area contributed by atoms with Crippen LogP contribution in [-0.2, 0) is 18.9 Å². The zero-order chi connectivity index (χ0) is 53.4. The highest BCUT2D eigenvalue weighted by molar-refractivity contribution is 6.36. The molecule has 0 saturated carbocycles. The number of nitrogens with one attached hydrogen (secondary N) is 1. The number of ether oxygens (including phenoxy) is 4. The maximum Gasteiger partial charge on any atom is 0.152 e. The molecule has 8 aromatic rings. The van der Waals surface area contributed by atoms with Gasteiger partial charge in [-0.05, 0) is 93.9 Å². The van der Waals surface area contributed by atoms with Gasteiger partial charge in [0.2, 0.25) is 0 Å². The zero-order valence-corrected chi connectivity index (χ0v) is 44.5. The Hall–Kier alpha value is -7.35. The normalized spacial score (nSPS) is 17.9. The number of hydrogen-bond donors (Lipinski definition) is 2. The quantitative estimate of drug-likeness (QED) is 0.148. The summed E-state index contributed by atoms with van der Waals surface area (Å²) >= 11 is 6.34. The summed E-state index contributed by atoms with van der Waals surface area (Å²) in [5, 5.41) is 5.88. The number of morpholine rings is 4. The number of nitrogens with two attached hydrogens (primary N) is 1. The minimum atomic E-state index is -0.328. The third-order valence-corrected chi connectivity index (χ3v) is 14.4.